The first kappa shape index (κ1) is 37.4. The average Bonchev–Trinajstić information content (AvgIpc) is 2.90. The third kappa shape index (κ3) is 11.2. The molecular weight excluding hydrogens is 608 g/mol. The largest absolute Gasteiger partial charge is 0.463 e. The minimum atomic E-state index is -1.39. The van der Waals surface area contributed by atoms with E-state index in [0.29, 0.717) is 0 Å². The van der Waals surface area contributed by atoms with Gasteiger partial charge in [-0.1, -0.05) is 0 Å². The molecule has 2 aliphatic rings. The van der Waals surface area contributed by atoms with Crippen LogP contribution >= 0.6 is 0 Å². The van der Waals surface area contributed by atoms with Crippen LogP contribution in [0, 0.1) is 0 Å². The molecule has 0 spiro atoms. The Labute approximate surface area is 259 Å². The van der Waals surface area contributed by atoms with Crippen molar-refractivity contribution in [3.05, 3.63) is 0 Å². The Balaban J connectivity index is 2.51. The highest BCUT2D eigenvalue weighted by molar-refractivity contribution is 5.69. The van der Waals surface area contributed by atoms with E-state index < -0.39 is 110 Å². The van der Waals surface area contributed by atoms with Crippen molar-refractivity contribution in [1.29, 1.82) is 0 Å². The minimum Gasteiger partial charge on any atom is -0.463 e. The fourth-order valence-electron chi connectivity index (χ4n) is 5.16. The molecule has 2 rings (SSSR count). The van der Waals surface area contributed by atoms with Gasteiger partial charge in [0.1, 0.15) is 18.8 Å². The maximum absolute atomic E-state index is 12.2. The summed E-state index contributed by atoms with van der Waals surface area (Å²) in [6.45, 7) is 7.38. The molecule has 0 unspecified atom stereocenters. The number of hydrogen-bond acceptors (Lipinski definition) is 17. The zero-order chi connectivity index (χ0) is 34.0. The molecule has 254 valence electrons. The topological polar surface area (TPSA) is 212 Å². The zero-order valence-electron chi connectivity index (χ0n) is 26.3. The molecule has 0 aromatic carbocycles. The zero-order valence-corrected chi connectivity index (χ0v) is 26.3. The summed E-state index contributed by atoms with van der Waals surface area (Å²) in [6, 6.07) is 0. The van der Waals surface area contributed by atoms with Crippen LogP contribution in [0.1, 0.15) is 61.3 Å². The van der Waals surface area contributed by atoms with Crippen LogP contribution in [0.25, 0.3) is 0 Å². The highest BCUT2D eigenvalue weighted by atomic mass is 16.7. The Kier molecular flexibility index (Phi) is 14.1. The first-order chi connectivity index (χ1) is 21.0. The molecule has 0 aromatic rings. The van der Waals surface area contributed by atoms with Crippen molar-refractivity contribution in [3.63, 3.8) is 0 Å². The number of carbonyl (C=O) groups excluding carboxylic acids is 7. The Bertz CT molecular complexity index is 1100. The van der Waals surface area contributed by atoms with Gasteiger partial charge in [0.2, 0.25) is 0 Å². The smallest absolute Gasteiger partial charge is 0.303 e. The van der Waals surface area contributed by atoms with Crippen molar-refractivity contribution in [2.24, 2.45) is 0 Å². The monoisotopic (exact) mass is 648 g/mol. The lowest BCUT2D eigenvalue weighted by Crippen LogP contribution is -2.63. The van der Waals surface area contributed by atoms with Crippen LogP contribution in [0.4, 0.5) is 0 Å². The van der Waals surface area contributed by atoms with E-state index in [1.807, 2.05) is 0 Å². The van der Waals surface area contributed by atoms with Gasteiger partial charge in [0.05, 0.1) is 6.10 Å². The van der Waals surface area contributed by atoms with E-state index >= 15 is 0 Å². The Morgan fingerprint density at radius 3 is 1.16 bits per heavy atom. The van der Waals surface area contributed by atoms with E-state index in [1.54, 1.807) is 0 Å². The third-order valence-corrected chi connectivity index (χ3v) is 6.55. The van der Waals surface area contributed by atoms with Crippen LogP contribution in [0.15, 0.2) is 0 Å². The molecule has 0 aromatic heterocycles. The summed E-state index contributed by atoms with van der Waals surface area (Å²) in [5.74, 6) is -5.32. The maximum atomic E-state index is 12.2. The van der Waals surface area contributed by atoms with E-state index in [0.717, 1.165) is 48.5 Å². The van der Waals surface area contributed by atoms with Crippen molar-refractivity contribution in [2.45, 2.75) is 123 Å². The first-order valence-corrected chi connectivity index (χ1v) is 14.0. The van der Waals surface area contributed by atoms with Crippen LogP contribution in [-0.4, -0.2) is 117 Å². The van der Waals surface area contributed by atoms with Crippen LogP contribution in [0.5, 0.6) is 0 Å². The van der Waals surface area contributed by atoms with Crippen molar-refractivity contribution >= 4 is 41.8 Å². The second-order valence-corrected chi connectivity index (χ2v) is 10.3. The van der Waals surface area contributed by atoms with Gasteiger partial charge in [-0.25, -0.2) is 0 Å². The van der Waals surface area contributed by atoms with Crippen molar-refractivity contribution in [2.75, 3.05) is 13.7 Å². The fourth-order valence-corrected chi connectivity index (χ4v) is 5.16. The van der Waals surface area contributed by atoms with Gasteiger partial charge in [-0.3, -0.25) is 33.6 Å². The van der Waals surface area contributed by atoms with Gasteiger partial charge in [0, 0.05) is 55.6 Å². The van der Waals surface area contributed by atoms with E-state index in [4.69, 9.17) is 47.4 Å². The summed E-state index contributed by atoms with van der Waals surface area (Å²) in [4.78, 5) is 83.9. The molecule has 0 aliphatic carbocycles. The Hall–Kier alpha value is -3.83. The number of carbonyl (C=O) groups is 7. The highest BCUT2D eigenvalue weighted by Crippen LogP contribution is 2.35. The van der Waals surface area contributed by atoms with Gasteiger partial charge in [0.25, 0.3) is 0 Å². The first-order valence-electron chi connectivity index (χ1n) is 14.0. The Morgan fingerprint density at radius 2 is 0.778 bits per heavy atom. The van der Waals surface area contributed by atoms with Crippen LogP contribution < -0.4 is 0 Å². The summed E-state index contributed by atoms with van der Waals surface area (Å²) in [7, 11) is 1.26. The van der Waals surface area contributed by atoms with Crippen LogP contribution in [0.3, 0.4) is 0 Å². The molecule has 2 fully saturated rings. The number of ether oxygens (including phenoxy) is 10. The van der Waals surface area contributed by atoms with Crippen molar-refractivity contribution < 1.29 is 80.9 Å². The molecule has 17 nitrogen and oxygen atoms in total. The summed E-state index contributed by atoms with van der Waals surface area (Å²) < 4.78 is 55.1. The van der Waals surface area contributed by atoms with Crippen LogP contribution in [-0.2, 0) is 80.9 Å². The van der Waals surface area contributed by atoms with Crippen molar-refractivity contribution in [3.8, 4) is 0 Å². The second kappa shape index (κ2) is 17.0. The van der Waals surface area contributed by atoms with Crippen molar-refractivity contribution in [1.82, 2.24) is 0 Å². The number of esters is 7. The SMILES string of the molecule is CO[C@@H]1O[C@H](CC[C@@H]2O[C@H](COC(C)=O)[C@@H](OC(C)=O)[C@H](OC(C)=O)[C@@H]2OC(C)=O)[C@@H](OC(C)=O)[C@H](OC(C)=O)[C@@H]1OC(C)=O. The molecule has 2 heterocycles. The maximum Gasteiger partial charge on any atom is 0.303 e. The average molecular weight is 649 g/mol. The third-order valence-electron chi connectivity index (χ3n) is 6.55. The summed E-state index contributed by atoms with van der Waals surface area (Å²) >= 11 is 0. The normalized spacial score (nSPS) is 31.0. The quantitative estimate of drug-likeness (QED) is 0.202. The summed E-state index contributed by atoms with van der Waals surface area (Å²) in [5, 5.41) is 0. The molecule has 0 saturated carbocycles. The summed E-state index contributed by atoms with van der Waals surface area (Å²) in [6.07, 6.45) is -12.8. The lowest BCUT2D eigenvalue weighted by molar-refractivity contribution is -0.301. The fraction of sp³-hybridized carbons (Fsp3) is 0.750. The molecule has 17 heteroatoms. The molecule has 0 N–H and O–H groups in total. The molecular formula is C28H40O17. The summed E-state index contributed by atoms with van der Waals surface area (Å²) in [5.41, 5.74) is 0. The van der Waals surface area contributed by atoms with E-state index in [9.17, 15) is 33.6 Å². The molecule has 10 atom stereocenters. The predicted molar refractivity (Wildman–Crippen MR) is 144 cm³/mol. The molecule has 0 bridgehead atoms. The predicted octanol–water partition coefficient (Wildman–Crippen LogP) is 0.0586. The van der Waals surface area contributed by atoms with Gasteiger partial charge in [-0.2, -0.15) is 0 Å². The van der Waals surface area contributed by atoms with Gasteiger partial charge < -0.3 is 47.4 Å². The minimum absolute atomic E-state index is 0.0594. The van der Waals surface area contributed by atoms with Crippen LogP contribution in [0.2, 0.25) is 0 Å². The number of methoxy groups -OCH3 is 1. The highest BCUT2D eigenvalue weighted by Gasteiger charge is 2.54. The van der Waals surface area contributed by atoms with E-state index in [1.165, 1.54) is 7.11 Å². The van der Waals surface area contributed by atoms with Gasteiger partial charge >= 0.3 is 41.8 Å². The van der Waals surface area contributed by atoms with Gasteiger partial charge in [-0.05, 0) is 12.8 Å². The lowest BCUT2D eigenvalue weighted by Gasteiger charge is -2.46. The molecule has 0 radical (unpaired) electrons. The lowest BCUT2D eigenvalue weighted by atomic mass is 9.89. The van der Waals surface area contributed by atoms with E-state index in [-0.39, 0.29) is 12.8 Å². The van der Waals surface area contributed by atoms with Gasteiger partial charge in [-0.15, -0.1) is 0 Å². The standard InChI is InChI=1S/C28H40O17/c1-12(29)37-11-21-24(40-15(4)32)25(41-16(5)33)22(38-13(2)30)19(44-21)9-10-20-23(39-14(3)31)26(42-17(6)34)27(43-18(7)35)28(36-8)45-20/h19-28H,9-11H2,1-8H3/t19-,20+,21+,22+,23+,24+,25+,26-,27-,28+/m0/s1. The Morgan fingerprint density at radius 1 is 0.444 bits per heavy atom. The van der Waals surface area contributed by atoms with E-state index in [2.05, 4.69) is 0 Å². The molecule has 45 heavy (non-hydrogen) atoms. The molecule has 2 saturated heterocycles. The number of hydrogen-bond donors (Lipinski definition) is 0. The second-order valence-electron chi connectivity index (χ2n) is 10.3. The number of rotatable bonds is 12. The van der Waals surface area contributed by atoms with Gasteiger partial charge in [0.15, 0.2) is 42.9 Å². The molecule has 0 amide bonds. The molecule has 2 aliphatic heterocycles.